The summed E-state index contributed by atoms with van der Waals surface area (Å²) in [5.74, 6) is 0.509. The van der Waals surface area contributed by atoms with Crippen LogP contribution in [0.25, 0.3) is 10.9 Å². The Morgan fingerprint density at radius 2 is 1.85 bits per heavy atom. The summed E-state index contributed by atoms with van der Waals surface area (Å²) in [6, 6.07) is 5.95. The minimum atomic E-state index is -0.330. The SMILES string of the molecule is CN(C)CCOC(=O)c1cc2c(OC3CCCCC3)cc(N(C)C)cc2[nH]1. The van der Waals surface area contributed by atoms with Crippen LogP contribution in [0.2, 0.25) is 0 Å². The van der Waals surface area contributed by atoms with Crippen LogP contribution in [0, 0.1) is 0 Å². The summed E-state index contributed by atoms with van der Waals surface area (Å²) >= 11 is 0. The van der Waals surface area contributed by atoms with Gasteiger partial charge in [0.1, 0.15) is 18.1 Å². The van der Waals surface area contributed by atoms with E-state index in [0.29, 0.717) is 18.8 Å². The second-order valence-electron chi connectivity index (χ2n) is 7.80. The highest BCUT2D eigenvalue weighted by Gasteiger charge is 2.19. The molecule has 0 spiro atoms. The smallest absolute Gasteiger partial charge is 0.354 e. The molecule has 148 valence electrons. The van der Waals surface area contributed by atoms with Crippen molar-refractivity contribution in [2.45, 2.75) is 38.2 Å². The molecule has 27 heavy (non-hydrogen) atoms. The summed E-state index contributed by atoms with van der Waals surface area (Å²) in [5, 5.41) is 0.936. The summed E-state index contributed by atoms with van der Waals surface area (Å²) < 4.78 is 11.7. The minimum Gasteiger partial charge on any atom is -0.490 e. The van der Waals surface area contributed by atoms with Crippen LogP contribution in [0.4, 0.5) is 5.69 Å². The molecule has 1 aliphatic rings. The number of esters is 1. The second-order valence-corrected chi connectivity index (χ2v) is 7.80. The zero-order chi connectivity index (χ0) is 19.4. The first-order chi connectivity index (χ1) is 12.9. The molecular weight excluding hydrogens is 342 g/mol. The van der Waals surface area contributed by atoms with Crippen molar-refractivity contribution in [2.24, 2.45) is 0 Å². The summed E-state index contributed by atoms with van der Waals surface area (Å²) in [5.41, 5.74) is 2.41. The van der Waals surface area contributed by atoms with Gasteiger partial charge in [-0.3, -0.25) is 0 Å². The number of aromatic nitrogens is 1. The second kappa shape index (κ2) is 8.65. The zero-order valence-electron chi connectivity index (χ0n) is 16.9. The molecule has 0 saturated heterocycles. The number of benzene rings is 1. The zero-order valence-corrected chi connectivity index (χ0v) is 16.9. The van der Waals surface area contributed by atoms with Gasteiger partial charge in [-0.05, 0) is 51.9 Å². The van der Waals surface area contributed by atoms with Gasteiger partial charge in [0.05, 0.1) is 11.6 Å². The molecule has 1 saturated carbocycles. The van der Waals surface area contributed by atoms with Gasteiger partial charge in [0.25, 0.3) is 0 Å². The maximum Gasteiger partial charge on any atom is 0.354 e. The van der Waals surface area contributed by atoms with Crippen LogP contribution in [-0.4, -0.2) is 63.3 Å². The number of anilines is 1. The summed E-state index contributed by atoms with van der Waals surface area (Å²) in [6.07, 6.45) is 6.18. The van der Waals surface area contributed by atoms with E-state index in [2.05, 4.69) is 11.1 Å². The number of carbonyl (C=O) groups is 1. The molecule has 1 heterocycles. The molecule has 0 atom stereocenters. The molecular formula is C21H31N3O3. The largest absolute Gasteiger partial charge is 0.490 e. The average Bonchev–Trinajstić information content (AvgIpc) is 3.06. The quantitative estimate of drug-likeness (QED) is 0.751. The molecule has 0 amide bonds. The number of ether oxygens (including phenoxy) is 2. The van der Waals surface area contributed by atoms with Crippen LogP contribution in [0.1, 0.15) is 42.6 Å². The number of hydrogen-bond acceptors (Lipinski definition) is 5. The Labute approximate surface area is 161 Å². The third-order valence-corrected chi connectivity index (χ3v) is 5.04. The number of fused-ring (bicyclic) bond motifs is 1. The number of likely N-dealkylation sites (N-methyl/N-ethyl adjacent to an activating group) is 1. The van der Waals surface area contributed by atoms with Gasteiger partial charge in [-0.25, -0.2) is 4.79 Å². The van der Waals surface area contributed by atoms with E-state index in [1.807, 2.05) is 50.1 Å². The number of rotatable bonds is 7. The van der Waals surface area contributed by atoms with Crippen molar-refractivity contribution in [2.75, 3.05) is 46.2 Å². The fourth-order valence-corrected chi connectivity index (χ4v) is 3.42. The molecule has 1 aliphatic carbocycles. The predicted octanol–water partition coefficient (Wildman–Crippen LogP) is 3.66. The van der Waals surface area contributed by atoms with E-state index in [4.69, 9.17) is 9.47 Å². The van der Waals surface area contributed by atoms with Crippen LogP contribution < -0.4 is 9.64 Å². The Morgan fingerprint density at radius 3 is 2.52 bits per heavy atom. The lowest BCUT2D eigenvalue weighted by Crippen LogP contribution is -2.20. The normalized spacial score (nSPS) is 15.3. The molecule has 6 nitrogen and oxygen atoms in total. The first-order valence-corrected chi connectivity index (χ1v) is 9.76. The molecule has 6 heteroatoms. The predicted molar refractivity (Wildman–Crippen MR) is 109 cm³/mol. The summed E-state index contributed by atoms with van der Waals surface area (Å²) in [7, 11) is 7.92. The number of H-pyrrole nitrogens is 1. The van der Waals surface area contributed by atoms with Crippen LogP contribution in [0.5, 0.6) is 5.75 Å². The van der Waals surface area contributed by atoms with Gasteiger partial charge in [0.15, 0.2) is 0 Å². The Bertz CT molecular complexity index is 776. The average molecular weight is 373 g/mol. The Hall–Kier alpha value is -2.21. The van der Waals surface area contributed by atoms with Crippen LogP contribution >= 0.6 is 0 Å². The van der Waals surface area contributed by atoms with E-state index in [1.165, 1.54) is 19.3 Å². The molecule has 1 aromatic heterocycles. The van der Waals surface area contributed by atoms with E-state index < -0.39 is 0 Å². The fraction of sp³-hybridized carbons (Fsp3) is 0.571. The molecule has 0 unspecified atom stereocenters. The Morgan fingerprint density at radius 1 is 1.11 bits per heavy atom. The highest BCUT2D eigenvalue weighted by molar-refractivity contribution is 5.98. The maximum atomic E-state index is 12.4. The molecule has 0 radical (unpaired) electrons. The van der Waals surface area contributed by atoms with Crippen molar-refractivity contribution in [3.8, 4) is 5.75 Å². The third-order valence-electron chi connectivity index (χ3n) is 5.04. The topological polar surface area (TPSA) is 57.8 Å². The lowest BCUT2D eigenvalue weighted by Gasteiger charge is -2.24. The molecule has 1 aromatic carbocycles. The van der Waals surface area contributed by atoms with Gasteiger partial charge in [-0.2, -0.15) is 0 Å². The van der Waals surface area contributed by atoms with Gasteiger partial charge in [0, 0.05) is 37.8 Å². The number of hydrogen-bond donors (Lipinski definition) is 1. The number of nitrogens with zero attached hydrogens (tertiary/aromatic N) is 2. The van der Waals surface area contributed by atoms with Gasteiger partial charge in [-0.15, -0.1) is 0 Å². The van der Waals surface area contributed by atoms with Crippen molar-refractivity contribution < 1.29 is 14.3 Å². The van der Waals surface area contributed by atoms with Crippen molar-refractivity contribution in [1.29, 1.82) is 0 Å². The van der Waals surface area contributed by atoms with Gasteiger partial charge in [-0.1, -0.05) is 6.42 Å². The summed E-state index contributed by atoms with van der Waals surface area (Å²) in [6.45, 7) is 1.07. The number of aromatic amines is 1. The lowest BCUT2D eigenvalue weighted by atomic mass is 9.98. The highest BCUT2D eigenvalue weighted by atomic mass is 16.5. The maximum absolute atomic E-state index is 12.4. The molecule has 1 N–H and O–H groups in total. The Kier molecular flexibility index (Phi) is 6.26. The number of carbonyl (C=O) groups excluding carboxylic acids is 1. The third kappa shape index (κ3) is 4.95. The van der Waals surface area contributed by atoms with E-state index in [9.17, 15) is 4.79 Å². The Balaban J connectivity index is 1.85. The van der Waals surface area contributed by atoms with Crippen molar-refractivity contribution >= 4 is 22.6 Å². The standard InChI is InChI=1S/C21H31N3O3/c1-23(2)10-11-26-21(25)19-14-17-18(22-19)12-15(24(3)4)13-20(17)27-16-8-6-5-7-9-16/h12-14,16,22H,5-11H2,1-4H3. The number of nitrogens with one attached hydrogen (secondary N) is 1. The van der Waals surface area contributed by atoms with Gasteiger partial charge < -0.3 is 24.3 Å². The summed E-state index contributed by atoms with van der Waals surface area (Å²) in [4.78, 5) is 19.6. The van der Waals surface area contributed by atoms with Crippen molar-refractivity contribution in [1.82, 2.24) is 9.88 Å². The molecule has 1 fully saturated rings. The van der Waals surface area contributed by atoms with Crippen LogP contribution in [0.15, 0.2) is 18.2 Å². The van der Waals surface area contributed by atoms with Crippen molar-refractivity contribution in [3.05, 3.63) is 23.9 Å². The van der Waals surface area contributed by atoms with E-state index in [1.54, 1.807) is 0 Å². The molecule has 2 aromatic rings. The lowest BCUT2D eigenvalue weighted by molar-refractivity contribution is 0.0476. The van der Waals surface area contributed by atoms with Gasteiger partial charge in [0.2, 0.25) is 0 Å². The highest BCUT2D eigenvalue weighted by Crippen LogP contribution is 2.34. The van der Waals surface area contributed by atoms with Crippen LogP contribution in [0.3, 0.4) is 0 Å². The fourth-order valence-electron chi connectivity index (χ4n) is 3.42. The molecule has 0 aliphatic heterocycles. The van der Waals surface area contributed by atoms with Gasteiger partial charge >= 0.3 is 5.97 Å². The minimum absolute atomic E-state index is 0.254. The monoisotopic (exact) mass is 373 g/mol. The molecule has 3 rings (SSSR count). The first kappa shape index (κ1) is 19.5. The van der Waals surface area contributed by atoms with E-state index in [-0.39, 0.29) is 12.1 Å². The van der Waals surface area contributed by atoms with Crippen LogP contribution in [-0.2, 0) is 4.74 Å². The first-order valence-electron chi connectivity index (χ1n) is 9.76. The molecule has 0 bridgehead atoms. The van der Waals surface area contributed by atoms with E-state index in [0.717, 1.165) is 35.2 Å². The van der Waals surface area contributed by atoms with Crippen molar-refractivity contribution in [3.63, 3.8) is 0 Å². The van der Waals surface area contributed by atoms with E-state index >= 15 is 0 Å².